The molecular formula is C62H40N2S2. The van der Waals surface area contributed by atoms with Gasteiger partial charge in [-0.1, -0.05) is 158 Å². The highest BCUT2D eigenvalue weighted by Crippen LogP contribution is 2.54. The minimum absolute atomic E-state index is 0.863. The molecule has 0 bridgehead atoms. The van der Waals surface area contributed by atoms with Crippen LogP contribution in [-0.2, 0) is 0 Å². The Morgan fingerprint density at radius 2 is 0.636 bits per heavy atom. The lowest BCUT2D eigenvalue weighted by Crippen LogP contribution is -2.36. The van der Waals surface area contributed by atoms with Gasteiger partial charge in [0.25, 0.3) is 0 Å². The number of nitrogens with zero attached hydrogens (tertiary/aromatic N) is 2. The van der Waals surface area contributed by atoms with E-state index in [4.69, 9.17) is 0 Å². The Labute approximate surface area is 391 Å². The fraction of sp³-hybridized carbons (Fsp3) is 0.0323. The van der Waals surface area contributed by atoms with Crippen molar-refractivity contribution in [2.24, 2.45) is 0 Å². The number of benzene rings is 10. The Balaban J connectivity index is 1.07. The monoisotopic (exact) mass is 876 g/mol. The number of hydrogen-bond donors (Lipinski definition) is 0. The van der Waals surface area contributed by atoms with Crippen LogP contribution in [0.3, 0.4) is 0 Å². The molecule has 0 atom stereocenters. The summed E-state index contributed by atoms with van der Waals surface area (Å²) in [6.07, 6.45) is 0. The van der Waals surface area contributed by atoms with Gasteiger partial charge in [0.2, 0.25) is 0 Å². The first kappa shape index (κ1) is 37.6. The first-order valence-corrected chi connectivity index (χ1v) is 24.4. The van der Waals surface area contributed by atoms with E-state index in [-0.39, 0.29) is 0 Å². The average Bonchev–Trinajstić information content (AvgIpc) is 3.97. The molecule has 0 saturated carbocycles. The van der Waals surface area contributed by atoms with Gasteiger partial charge in [-0.3, -0.25) is 0 Å². The van der Waals surface area contributed by atoms with Crippen LogP contribution in [0.15, 0.2) is 218 Å². The highest BCUT2D eigenvalue weighted by Gasteiger charge is 2.31. The minimum atomic E-state index is 0.863. The molecule has 2 nitrogen and oxygen atoms in total. The standard InChI is InChI=1S/C62H40N2S2/c1-3-15-41(16-4-1)63-33-34-64(42-17-5-2-6-18-42)58-38-56-48-32-30-40(44-24-14-26-52-50-22-10-12-28-60(50)66-62(44)52)36-54(48)53-35-39(43-23-13-25-51-49-21-9-11-27-59(49)65-61(43)51)29-31-47(53)45-19-7-8-20-46(45)55(56)37-57(58)63/h1-32,35-38H,33-34H2. The van der Waals surface area contributed by atoms with Crippen molar-refractivity contribution in [1.29, 1.82) is 0 Å². The molecule has 0 spiro atoms. The molecule has 10 aromatic carbocycles. The Bertz CT molecular complexity index is 3900. The van der Waals surface area contributed by atoms with Gasteiger partial charge in [0.05, 0.1) is 11.4 Å². The SMILES string of the molecule is c1ccc(N2CCN(c3ccccc3)c3cc4c(cc32)-c2ccccc2-c2ccc(-c3cccc5c3sc3ccccc35)cc2-c2cc(-c3cccc5c3sc3ccccc35)ccc2-4)cc1. The first-order chi connectivity index (χ1) is 32.7. The second kappa shape index (κ2) is 14.9. The van der Waals surface area contributed by atoms with Crippen molar-refractivity contribution in [1.82, 2.24) is 0 Å². The van der Waals surface area contributed by atoms with Gasteiger partial charge < -0.3 is 9.80 Å². The van der Waals surface area contributed by atoms with Crippen molar-refractivity contribution < 1.29 is 0 Å². The van der Waals surface area contributed by atoms with Crippen LogP contribution in [0.25, 0.3) is 107 Å². The number of anilines is 4. The summed E-state index contributed by atoms with van der Waals surface area (Å²) in [5.41, 5.74) is 19.7. The summed E-state index contributed by atoms with van der Waals surface area (Å²) in [5, 5.41) is 5.27. The predicted molar refractivity (Wildman–Crippen MR) is 285 cm³/mol. The van der Waals surface area contributed by atoms with Crippen LogP contribution in [0.2, 0.25) is 0 Å². The number of fused-ring (bicyclic) bond motifs is 15. The largest absolute Gasteiger partial charge is 0.338 e. The van der Waals surface area contributed by atoms with E-state index >= 15 is 0 Å². The van der Waals surface area contributed by atoms with Gasteiger partial charge in [0.15, 0.2) is 0 Å². The molecule has 3 heterocycles. The highest BCUT2D eigenvalue weighted by molar-refractivity contribution is 7.26. The van der Waals surface area contributed by atoms with Gasteiger partial charge in [-0.2, -0.15) is 0 Å². The molecule has 1 aliphatic carbocycles. The fourth-order valence-electron chi connectivity index (χ4n) is 10.9. The Kier molecular flexibility index (Phi) is 8.49. The van der Waals surface area contributed by atoms with Crippen molar-refractivity contribution in [3.8, 4) is 66.8 Å². The Hall–Kier alpha value is -7.76. The molecule has 0 amide bonds. The third-order valence-electron chi connectivity index (χ3n) is 13.9. The number of hydrogen-bond acceptors (Lipinski definition) is 4. The van der Waals surface area contributed by atoms with Crippen LogP contribution in [-0.4, -0.2) is 13.1 Å². The summed E-state index contributed by atoms with van der Waals surface area (Å²) in [5.74, 6) is 0. The lowest BCUT2D eigenvalue weighted by atomic mass is 9.78. The maximum Gasteiger partial charge on any atom is 0.0659 e. The third-order valence-corrected chi connectivity index (χ3v) is 16.4. The molecule has 12 aromatic rings. The molecule has 0 N–H and O–H groups in total. The summed E-state index contributed by atoms with van der Waals surface area (Å²) >= 11 is 3.80. The molecule has 14 rings (SSSR count). The number of thiophene rings is 2. The Morgan fingerprint density at radius 3 is 1.14 bits per heavy atom. The summed E-state index contributed by atoms with van der Waals surface area (Å²) in [6.45, 7) is 1.73. The molecule has 0 saturated heterocycles. The number of rotatable bonds is 4. The molecule has 4 heteroatoms. The Morgan fingerprint density at radius 1 is 0.273 bits per heavy atom. The van der Waals surface area contributed by atoms with Gasteiger partial charge in [-0.25, -0.2) is 0 Å². The van der Waals surface area contributed by atoms with E-state index in [1.54, 1.807) is 0 Å². The quantitative estimate of drug-likeness (QED) is 0.174. The van der Waals surface area contributed by atoms with Crippen LogP contribution in [0.1, 0.15) is 0 Å². The van der Waals surface area contributed by atoms with Gasteiger partial charge in [0, 0.05) is 64.8 Å². The molecule has 2 aliphatic rings. The maximum atomic E-state index is 2.52. The van der Waals surface area contributed by atoms with E-state index < -0.39 is 0 Å². The normalized spacial score (nSPS) is 13.0. The zero-order chi connectivity index (χ0) is 43.3. The topological polar surface area (TPSA) is 6.48 Å². The van der Waals surface area contributed by atoms with Crippen LogP contribution >= 0.6 is 22.7 Å². The first-order valence-electron chi connectivity index (χ1n) is 22.8. The zero-order valence-corrected chi connectivity index (χ0v) is 37.5. The molecule has 0 unspecified atom stereocenters. The van der Waals surface area contributed by atoms with Gasteiger partial charge in [-0.05, 0) is 127 Å². The smallest absolute Gasteiger partial charge is 0.0659 e. The fourth-order valence-corrected chi connectivity index (χ4v) is 13.4. The molecule has 0 radical (unpaired) electrons. The number of para-hydroxylation sites is 2. The molecule has 1 aliphatic heterocycles. The summed E-state index contributed by atoms with van der Waals surface area (Å²) in [4.78, 5) is 5.04. The second-order valence-electron chi connectivity index (χ2n) is 17.5. The zero-order valence-electron chi connectivity index (χ0n) is 35.9. The molecule has 2 aromatic heterocycles. The maximum absolute atomic E-state index is 2.52. The molecule has 310 valence electrons. The summed E-state index contributed by atoms with van der Waals surface area (Å²) < 4.78 is 5.30. The van der Waals surface area contributed by atoms with Crippen LogP contribution in [0.5, 0.6) is 0 Å². The van der Waals surface area contributed by atoms with Crippen molar-refractivity contribution in [3.63, 3.8) is 0 Å². The minimum Gasteiger partial charge on any atom is -0.338 e. The molecule has 0 fully saturated rings. The van der Waals surface area contributed by atoms with Crippen molar-refractivity contribution >= 4 is 85.8 Å². The van der Waals surface area contributed by atoms with E-state index in [1.807, 2.05) is 22.7 Å². The highest BCUT2D eigenvalue weighted by atomic mass is 32.1. The van der Waals surface area contributed by atoms with E-state index in [0.29, 0.717) is 0 Å². The summed E-state index contributed by atoms with van der Waals surface area (Å²) in [7, 11) is 0. The third kappa shape index (κ3) is 5.78. The predicted octanol–water partition coefficient (Wildman–Crippen LogP) is 18.0. The summed E-state index contributed by atoms with van der Waals surface area (Å²) in [6, 6.07) is 81.8. The van der Waals surface area contributed by atoms with Crippen LogP contribution < -0.4 is 9.80 Å². The van der Waals surface area contributed by atoms with Crippen molar-refractivity contribution in [2.75, 3.05) is 22.9 Å². The lowest BCUT2D eigenvalue weighted by molar-refractivity contribution is 0.850. The van der Waals surface area contributed by atoms with E-state index in [2.05, 4.69) is 228 Å². The van der Waals surface area contributed by atoms with Crippen LogP contribution in [0.4, 0.5) is 22.7 Å². The molecule has 66 heavy (non-hydrogen) atoms. The van der Waals surface area contributed by atoms with Gasteiger partial charge in [0.1, 0.15) is 0 Å². The van der Waals surface area contributed by atoms with Crippen LogP contribution in [0, 0.1) is 0 Å². The van der Waals surface area contributed by atoms with E-state index in [9.17, 15) is 0 Å². The van der Waals surface area contributed by atoms with Gasteiger partial charge >= 0.3 is 0 Å². The van der Waals surface area contributed by atoms with Gasteiger partial charge in [-0.15, -0.1) is 22.7 Å². The van der Waals surface area contributed by atoms with E-state index in [0.717, 1.165) is 13.1 Å². The van der Waals surface area contributed by atoms with Crippen molar-refractivity contribution in [3.05, 3.63) is 218 Å². The second-order valence-corrected chi connectivity index (χ2v) is 19.6. The lowest BCUT2D eigenvalue weighted by Gasteiger charge is -2.40. The van der Waals surface area contributed by atoms with E-state index in [1.165, 1.54) is 130 Å². The average molecular weight is 877 g/mol. The van der Waals surface area contributed by atoms with Crippen molar-refractivity contribution in [2.45, 2.75) is 0 Å². The molecular weight excluding hydrogens is 837 g/mol.